The van der Waals surface area contributed by atoms with Crippen LogP contribution in [0.1, 0.15) is 27.7 Å². The molecule has 1 unspecified atom stereocenters. The zero-order valence-corrected chi connectivity index (χ0v) is 9.89. The second-order valence-electron chi connectivity index (χ2n) is 4.59. The monoisotopic (exact) mass is 234 g/mol. The van der Waals surface area contributed by atoms with Gasteiger partial charge in [0.25, 0.3) is 0 Å². The van der Waals surface area contributed by atoms with E-state index in [1.165, 1.54) is 0 Å². The minimum absolute atomic E-state index is 0.0662. The summed E-state index contributed by atoms with van der Waals surface area (Å²) < 4.78 is 9.22. The smallest absolute Gasteiger partial charge is 0.450 e. The molecule has 0 aromatic rings. The molecule has 0 rings (SSSR count). The Balaban J connectivity index is 4.61. The van der Waals surface area contributed by atoms with E-state index in [9.17, 15) is 9.59 Å². The molecule has 6 nitrogen and oxygen atoms in total. The number of hydrogen-bond acceptors (Lipinski definition) is 4. The molecule has 1 atom stereocenters. The summed E-state index contributed by atoms with van der Waals surface area (Å²) in [7, 11) is 0. The van der Waals surface area contributed by atoms with Gasteiger partial charge in [-0.2, -0.15) is 0 Å². The Morgan fingerprint density at radius 3 is 2.00 bits per heavy atom. The maximum Gasteiger partial charge on any atom is 0.506 e. The lowest BCUT2D eigenvalue weighted by Gasteiger charge is -2.34. The van der Waals surface area contributed by atoms with Crippen LogP contribution in [-0.4, -0.2) is 35.2 Å². The molecule has 0 aromatic heterocycles. The summed E-state index contributed by atoms with van der Waals surface area (Å²) in [6, 6.07) is 0. The molecule has 6 heteroatoms. The molecule has 0 radical (unpaired) electrons. The van der Waals surface area contributed by atoms with Gasteiger partial charge in [0.15, 0.2) is 0 Å². The number of carboxylic acid groups (broad SMARTS) is 2. The van der Waals surface area contributed by atoms with Crippen LogP contribution in [0.4, 0.5) is 9.59 Å². The van der Waals surface area contributed by atoms with Crippen molar-refractivity contribution in [1.29, 1.82) is 0 Å². The van der Waals surface area contributed by atoms with Crippen molar-refractivity contribution < 1.29 is 29.3 Å². The highest BCUT2D eigenvalue weighted by molar-refractivity contribution is 5.57. The fourth-order valence-corrected chi connectivity index (χ4v) is 1.64. The molecule has 0 bridgehead atoms. The van der Waals surface area contributed by atoms with Gasteiger partial charge in [0, 0.05) is 5.41 Å². The minimum Gasteiger partial charge on any atom is -0.450 e. The van der Waals surface area contributed by atoms with E-state index in [1.54, 1.807) is 27.7 Å². The lowest BCUT2D eigenvalue weighted by atomic mass is 9.81. The van der Waals surface area contributed by atoms with Gasteiger partial charge in [-0.15, -0.1) is 0 Å². The second-order valence-corrected chi connectivity index (χ2v) is 4.59. The van der Waals surface area contributed by atoms with E-state index < -0.39 is 23.8 Å². The van der Waals surface area contributed by atoms with Gasteiger partial charge >= 0.3 is 12.3 Å². The number of ether oxygens (including phenoxy) is 2. The van der Waals surface area contributed by atoms with Crippen molar-refractivity contribution in [3.63, 3.8) is 0 Å². The van der Waals surface area contributed by atoms with Crippen LogP contribution < -0.4 is 0 Å². The second kappa shape index (κ2) is 5.58. The van der Waals surface area contributed by atoms with Crippen LogP contribution in [0.5, 0.6) is 0 Å². The first-order chi connectivity index (χ1) is 7.16. The molecule has 2 N–H and O–H groups in total. The quantitative estimate of drug-likeness (QED) is 0.709. The fourth-order valence-electron chi connectivity index (χ4n) is 1.64. The van der Waals surface area contributed by atoms with Crippen molar-refractivity contribution >= 4 is 12.3 Å². The van der Waals surface area contributed by atoms with Crippen LogP contribution in [0.15, 0.2) is 0 Å². The average molecular weight is 234 g/mol. The van der Waals surface area contributed by atoms with Crippen LogP contribution in [-0.2, 0) is 9.47 Å². The van der Waals surface area contributed by atoms with E-state index in [0.717, 1.165) is 0 Å². The number of hydrogen-bond donors (Lipinski definition) is 2. The van der Waals surface area contributed by atoms with E-state index in [2.05, 4.69) is 4.74 Å². The molecular formula is C10H18O6. The highest BCUT2D eigenvalue weighted by Crippen LogP contribution is 2.29. The van der Waals surface area contributed by atoms with Gasteiger partial charge in [0.2, 0.25) is 0 Å². The molecule has 0 aliphatic carbocycles. The molecule has 0 amide bonds. The first kappa shape index (κ1) is 14.5. The van der Waals surface area contributed by atoms with E-state index in [0.29, 0.717) is 0 Å². The third kappa shape index (κ3) is 4.86. The Labute approximate surface area is 94.2 Å². The van der Waals surface area contributed by atoms with Crippen molar-refractivity contribution in [2.75, 3.05) is 6.61 Å². The molecule has 0 saturated carbocycles. The first-order valence-corrected chi connectivity index (χ1v) is 4.92. The maximum atomic E-state index is 10.5. The van der Waals surface area contributed by atoms with Gasteiger partial charge in [-0.1, -0.05) is 27.7 Å². The molecule has 0 saturated heterocycles. The number of carbonyl (C=O) groups is 2. The summed E-state index contributed by atoms with van der Waals surface area (Å²) in [4.78, 5) is 20.8. The van der Waals surface area contributed by atoms with Crippen LogP contribution in [0, 0.1) is 11.3 Å². The lowest BCUT2D eigenvalue weighted by molar-refractivity contribution is -0.0577. The maximum absolute atomic E-state index is 10.5. The van der Waals surface area contributed by atoms with E-state index in [4.69, 9.17) is 14.9 Å². The normalized spacial score (nSPS) is 13.3. The van der Waals surface area contributed by atoms with E-state index in [1.807, 2.05) is 0 Å². The number of rotatable bonds is 5. The molecule has 94 valence electrons. The van der Waals surface area contributed by atoms with Crippen LogP contribution >= 0.6 is 0 Å². The third-order valence-electron chi connectivity index (χ3n) is 2.17. The van der Waals surface area contributed by atoms with E-state index in [-0.39, 0.29) is 12.5 Å². The summed E-state index contributed by atoms with van der Waals surface area (Å²) in [5, 5.41) is 17.0. The van der Waals surface area contributed by atoms with Gasteiger partial charge in [-0.3, -0.25) is 0 Å². The van der Waals surface area contributed by atoms with Gasteiger partial charge in [-0.05, 0) is 5.92 Å². The Morgan fingerprint density at radius 2 is 1.69 bits per heavy atom. The zero-order chi connectivity index (χ0) is 12.9. The van der Waals surface area contributed by atoms with Crippen molar-refractivity contribution in [2.24, 2.45) is 11.3 Å². The Bertz CT molecular complexity index is 258. The molecule has 0 heterocycles. The predicted octanol–water partition coefficient (Wildman–Crippen LogP) is 2.43. The van der Waals surface area contributed by atoms with Crippen molar-refractivity contribution in [3.8, 4) is 0 Å². The summed E-state index contributed by atoms with van der Waals surface area (Å²) in [5.74, 6) is -0.0662. The van der Waals surface area contributed by atoms with Gasteiger partial charge in [0.05, 0.1) is 0 Å². The molecular weight excluding hydrogens is 216 g/mol. The first-order valence-electron chi connectivity index (χ1n) is 4.92. The van der Waals surface area contributed by atoms with Crippen molar-refractivity contribution in [3.05, 3.63) is 0 Å². The van der Waals surface area contributed by atoms with Gasteiger partial charge < -0.3 is 19.7 Å². The van der Waals surface area contributed by atoms with Crippen LogP contribution in [0.3, 0.4) is 0 Å². The highest BCUT2D eigenvalue weighted by Gasteiger charge is 2.36. The lowest BCUT2D eigenvalue weighted by Crippen LogP contribution is -2.41. The topological polar surface area (TPSA) is 93.1 Å². The van der Waals surface area contributed by atoms with Gasteiger partial charge in [-0.25, -0.2) is 9.59 Å². The third-order valence-corrected chi connectivity index (χ3v) is 2.17. The molecule has 0 aromatic carbocycles. The highest BCUT2D eigenvalue weighted by atomic mass is 16.7. The van der Waals surface area contributed by atoms with Gasteiger partial charge in [0.1, 0.15) is 12.7 Å². The van der Waals surface area contributed by atoms with E-state index >= 15 is 0 Å². The standard InChI is InChI=1S/C10H18O6/c1-6(2)7(16-9(13)14)10(3,4)5-15-8(11)12/h6-7H,5H2,1-4H3,(H,11,12)(H,13,14). The summed E-state index contributed by atoms with van der Waals surface area (Å²) in [6.07, 6.45) is -3.38. The minimum atomic E-state index is -1.38. The largest absolute Gasteiger partial charge is 0.506 e. The Kier molecular flexibility index (Phi) is 5.07. The molecule has 0 spiro atoms. The summed E-state index contributed by atoms with van der Waals surface area (Å²) >= 11 is 0. The summed E-state index contributed by atoms with van der Waals surface area (Å²) in [5.41, 5.74) is -0.703. The Hall–Kier alpha value is -1.46. The predicted molar refractivity (Wildman–Crippen MR) is 55.5 cm³/mol. The van der Waals surface area contributed by atoms with Crippen molar-refractivity contribution in [2.45, 2.75) is 33.8 Å². The SMILES string of the molecule is CC(C)C(OC(=O)O)C(C)(C)COC(=O)O. The molecule has 0 aliphatic rings. The zero-order valence-electron chi connectivity index (χ0n) is 9.89. The summed E-state index contributed by atoms with van der Waals surface area (Å²) in [6.45, 7) is 6.89. The molecule has 0 fully saturated rings. The van der Waals surface area contributed by atoms with Crippen molar-refractivity contribution in [1.82, 2.24) is 0 Å². The fraction of sp³-hybridized carbons (Fsp3) is 0.800. The Morgan fingerprint density at radius 1 is 1.19 bits per heavy atom. The van der Waals surface area contributed by atoms with Crippen LogP contribution in [0.2, 0.25) is 0 Å². The molecule has 16 heavy (non-hydrogen) atoms. The van der Waals surface area contributed by atoms with Crippen LogP contribution in [0.25, 0.3) is 0 Å². The molecule has 0 aliphatic heterocycles. The average Bonchev–Trinajstić information content (AvgIpc) is 2.10.